The van der Waals surface area contributed by atoms with Crippen LogP contribution in [0.1, 0.15) is 26.3 Å². The third-order valence-electron chi connectivity index (χ3n) is 5.09. The van der Waals surface area contributed by atoms with Crippen LogP contribution in [0.25, 0.3) is 0 Å². The zero-order valence-electron chi connectivity index (χ0n) is 19.2. The lowest BCUT2D eigenvalue weighted by atomic mass is 10.1. The van der Waals surface area contributed by atoms with E-state index in [0.29, 0.717) is 32.0 Å². The fourth-order valence-electron chi connectivity index (χ4n) is 3.55. The number of carbonyl (C=O) groups excluding carboxylic acids is 1. The molecule has 0 aliphatic carbocycles. The Morgan fingerprint density at radius 2 is 2.00 bits per heavy atom. The van der Waals surface area contributed by atoms with Gasteiger partial charge in [0.05, 0.1) is 24.6 Å². The lowest BCUT2D eigenvalue weighted by molar-refractivity contribution is -0.385. The largest absolute Gasteiger partial charge is 0.497 e. The Morgan fingerprint density at radius 3 is 2.52 bits per heavy atom. The van der Waals surface area contributed by atoms with E-state index in [1.165, 1.54) is 0 Å². The number of amides is 1. The average Bonchev–Trinajstić information content (AvgIpc) is 3.01. The highest BCUT2D eigenvalue weighted by Gasteiger charge is 2.41. The number of ether oxygens (including phenoxy) is 2. The fraction of sp³-hybridized carbons (Fsp3) is 0.455. The van der Waals surface area contributed by atoms with Gasteiger partial charge in [0.2, 0.25) is 10.4 Å². The number of likely N-dealkylation sites (tertiary alicyclic amines) is 1. The third kappa shape index (κ3) is 5.65. The summed E-state index contributed by atoms with van der Waals surface area (Å²) in [7, 11) is 1.59. The molecule has 1 aliphatic rings. The quantitative estimate of drug-likeness (QED) is 0.291. The van der Waals surface area contributed by atoms with Gasteiger partial charge in [-0.3, -0.25) is 10.1 Å². The second-order valence-corrected chi connectivity index (χ2v) is 9.46. The summed E-state index contributed by atoms with van der Waals surface area (Å²) in [6.07, 6.45) is 1.28. The lowest BCUT2D eigenvalue weighted by Crippen LogP contribution is -2.62. The number of carbonyl (C=O) groups is 1. The van der Waals surface area contributed by atoms with E-state index in [4.69, 9.17) is 9.47 Å². The van der Waals surface area contributed by atoms with Crippen LogP contribution in [-0.4, -0.2) is 64.1 Å². The topological polar surface area (TPSA) is 103 Å². The molecule has 0 radical (unpaired) electrons. The molecule has 0 atom stereocenters. The standard InChI is InChI=1S/C22H28BrN5O5/c1-6-11-26(16-13-25(14-16)21(29)33-22(2,3)4)20-18(28(30)31)19(23)24-27(20)12-15-7-9-17(32-5)10-8-15/h6-10,16H,1,11-14H2,2-5H3. The van der Waals surface area contributed by atoms with Gasteiger partial charge in [-0.25, -0.2) is 9.48 Å². The molecule has 0 bridgehead atoms. The predicted octanol–water partition coefficient (Wildman–Crippen LogP) is 4.22. The molecular formula is C22H28BrN5O5. The van der Waals surface area contributed by atoms with Crippen molar-refractivity contribution in [3.8, 4) is 5.75 Å². The van der Waals surface area contributed by atoms with Gasteiger partial charge in [0.25, 0.3) is 0 Å². The molecule has 1 fully saturated rings. The van der Waals surface area contributed by atoms with Gasteiger partial charge in [0.15, 0.2) is 0 Å². The molecule has 0 unspecified atom stereocenters. The van der Waals surface area contributed by atoms with Crippen molar-refractivity contribution in [2.24, 2.45) is 0 Å². The number of anilines is 1. The Balaban J connectivity index is 1.89. The minimum Gasteiger partial charge on any atom is -0.497 e. The number of nitrogens with zero attached hydrogens (tertiary/aromatic N) is 5. The Labute approximate surface area is 201 Å². The van der Waals surface area contributed by atoms with Gasteiger partial charge >= 0.3 is 11.8 Å². The van der Waals surface area contributed by atoms with Crippen LogP contribution in [0.5, 0.6) is 5.75 Å². The molecule has 0 spiro atoms. The predicted molar refractivity (Wildman–Crippen MR) is 128 cm³/mol. The molecule has 2 heterocycles. The molecular weight excluding hydrogens is 494 g/mol. The van der Waals surface area contributed by atoms with E-state index in [0.717, 1.165) is 11.3 Å². The third-order valence-corrected chi connectivity index (χ3v) is 5.62. The van der Waals surface area contributed by atoms with Crippen molar-refractivity contribution in [2.75, 3.05) is 31.6 Å². The Kier molecular flexibility index (Phi) is 7.31. The van der Waals surface area contributed by atoms with E-state index < -0.39 is 16.6 Å². The molecule has 0 N–H and O–H groups in total. The summed E-state index contributed by atoms with van der Waals surface area (Å²) in [5, 5.41) is 16.3. The molecule has 1 aromatic heterocycles. The molecule has 2 aromatic rings. The first kappa shape index (κ1) is 24.6. The van der Waals surface area contributed by atoms with Crippen LogP contribution >= 0.6 is 15.9 Å². The minimum absolute atomic E-state index is 0.124. The number of halogens is 1. The number of nitro groups is 1. The van der Waals surface area contributed by atoms with Gasteiger partial charge in [-0.15, -0.1) is 6.58 Å². The molecule has 0 saturated carbocycles. The highest BCUT2D eigenvalue weighted by molar-refractivity contribution is 9.10. The van der Waals surface area contributed by atoms with E-state index in [1.54, 1.807) is 22.8 Å². The minimum atomic E-state index is -0.594. The maximum absolute atomic E-state index is 12.4. The van der Waals surface area contributed by atoms with Crippen LogP contribution in [0.15, 0.2) is 41.5 Å². The first-order chi connectivity index (χ1) is 15.5. The SMILES string of the molecule is C=CCN(c1c([N+](=O)[O-])c(Br)nn1Cc1ccc(OC)cc1)C1CN(C(=O)OC(C)(C)C)C1. The molecule has 10 nitrogen and oxygen atoms in total. The van der Waals surface area contributed by atoms with Crippen molar-refractivity contribution in [1.29, 1.82) is 0 Å². The van der Waals surface area contributed by atoms with Crippen molar-refractivity contribution < 1.29 is 19.2 Å². The van der Waals surface area contributed by atoms with Crippen LogP contribution in [-0.2, 0) is 11.3 Å². The van der Waals surface area contributed by atoms with E-state index >= 15 is 0 Å². The Morgan fingerprint density at radius 1 is 1.36 bits per heavy atom. The lowest BCUT2D eigenvalue weighted by Gasteiger charge is -2.45. The number of hydrogen-bond acceptors (Lipinski definition) is 7. The smallest absolute Gasteiger partial charge is 0.410 e. The van der Waals surface area contributed by atoms with Gasteiger partial charge in [-0.1, -0.05) is 18.2 Å². The van der Waals surface area contributed by atoms with Crippen molar-refractivity contribution in [3.63, 3.8) is 0 Å². The van der Waals surface area contributed by atoms with Crippen LogP contribution in [0.2, 0.25) is 0 Å². The fourth-order valence-corrected chi connectivity index (χ4v) is 4.06. The van der Waals surface area contributed by atoms with Crippen LogP contribution < -0.4 is 9.64 Å². The summed E-state index contributed by atoms with van der Waals surface area (Å²) in [4.78, 5) is 27.3. The van der Waals surface area contributed by atoms with Gasteiger partial charge in [0.1, 0.15) is 11.4 Å². The van der Waals surface area contributed by atoms with Gasteiger partial charge in [-0.2, -0.15) is 5.10 Å². The molecule has 1 aromatic carbocycles. The van der Waals surface area contributed by atoms with Crippen molar-refractivity contribution in [1.82, 2.24) is 14.7 Å². The summed E-state index contributed by atoms with van der Waals surface area (Å²) in [6, 6.07) is 7.28. The normalized spacial score (nSPS) is 13.9. The van der Waals surface area contributed by atoms with Crippen molar-refractivity contribution >= 4 is 33.5 Å². The number of aromatic nitrogens is 2. The van der Waals surface area contributed by atoms with Gasteiger partial charge < -0.3 is 19.3 Å². The zero-order chi connectivity index (χ0) is 24.3. The monoisotopic (exact) mass is 521 g/mol. The summed E-state index contributed by atoms with van der Waals surface area (Å²) < 4.78 is 12.4. The van der Waals surface area contributed by atoms with Crippen LogP contribution in [0, 0.1) is 10.1 Å². The molecule has 1 saturated heterocycles. The molecule has 178 valence electrons. The van der Waals surface area contributed by atoms with Crippen molar-refractivity contribution in [2.45, 2.75) is 39.0 Å². The van der Waals surface area contributed by atoms with Crippen molar-refractivity contribution in [3.05, 3.63) is 57.2 Å². The van der Waals surface area contributed by atoms with Gasteiger partial charge in [0, 0.05) is 19.6 Å². The first-order valence-corrected chi connectivity index (χ1v) is 11.2. The van der Waals surface area contributed by atoms with E-state index in [1.807, 2.05) is 49.9 Å². The van der Waals surface area contributed by atoms with E-state index in [-0.39, 0.29) is 16.3 Å². The molecule has 1 aliphatic heterocycles. The number of rotatable bonds is 8. The molecule has 11 heteroatoms. The van der Waals surface area contributed by atoms with E-state index in [2.05, 4.69) is 27.6 Å². The summed E-state index contributed by atoms with van der Waals surface area (Å²) in [5.41, 5.74) is 0.189. The van der Waals surface area contributed by atoms with Crippen LogP contribution in [0.3, 0.4) is 0 Å². The molecule has 3 rings (SSSR count). The Hall–Kier alpha value is -3.08. The highest BCUT2D eigenvalue weighted by atomic mass is 79.9. The summed E-state index contributed by atoms with van der Waals surface area (Å²) >= 11 is 3.25. The second-order valence-electron chi connectivity index (χ2n) is 8.71. The molecule has 1 amide bonds. The maximum atomic E-state index is 12.4. The zero-order valence-corrected chi connectivity index (χ0v) is 20.7. The van der Waals surface area contributed by atoms with Gasteiger partial charge in [-0.05, 0) is 54.4 Å². The second kappa shape index (κ2) is 9.82. The number of methoxy groups -OCH3 is 1. The maximum Gasteiger partial charge on any atom is 0.410 e. The highest BCUT2D eigenvalue weighted by Crippen LogP contribution is 2.38. The number of benzene rings is 1. The number of hydrogen-bond donors (Lipinski definition) is 0. The molecule has 33 heavy (non-hydrogen) atoms. The van der Waals surface area contributed by atoms with E-state index in [9.17, 15) is 14.9 Å². The summed E-state index contributed by atoms with van der Waals surface area (Å²) in [6.45, 7) is 10.7. The first-order valence-electron chi connectivity index (χ1n) is 10.4. The van der Waals surface area contributed by atoms with Crippen LogP contribution in [0.4, 0.5) is 16.3 Å². The average molecular weight is 522 g/mol. The summed E-state index contributed by atoms with van der Waals surface area (Å²) in [5.74, 6) is 1.08. The Bertz CT molecular complexity index is 1030.